The van der Waals surface area contributed by atoms with E-state index in [1.165, 1.54) is 11.8 Å². The number of carbonyl (C=O) groups excluding carboxylic acids is 1. The zero-order chi connectivity index (χ0) is 12.1. The highest BCUT2D eigenvalue weighted by molar-refractivity contribution is 7.99. The lowest BCUT2D eigenvalue weighted by atomic mass is 10.1. The maximum absolute atomic E-state index is 10.6. The Bertz CT molecular complexity index is 499. The topological polar surface area (TPSA) is 68.9 Å². The monoisotopic (exact) mass is 245 g/mol. The standard InChI is InChI=1S/C12H11N3OS/c13-11(16)8-17-12-14-6-10(7-15-12)9-4-2-1-3-5-9/h1-7H,8H2,(H2,13,16). The lowest BCUT2D eigenvalue weighted by molar-refractivity contribution is -0.115. The summed E-state index contributed by atoms with van der Waals surface area (Å²) in [6.07, 6.45) is 3.48. The summed E-state index contributed by atoms with van der Waals surface area (Å²) in [4.78, 5) is 18.9. The van der Waals surface area contributed by atoms with Crippen molar-refractivity contribution in [3.63, 3.8) is 0 Å². The van der Waals surface area contributed by atoms with Gasteiger partial charge in [0, 0.05) is 18.0 Å². The molecule has 0 atom stereocenters. The highest BCUT2D eigenvalue weighted by Crippen LogP contribution is 2.19. The smallest absolute Gasteiger partial charge is 0.227 e. The SMILES string of the molecule is NC(=O)CSc1ncc(-c2ccccc2)cn1. The van der Waals surface area contributed by atoms with Gasteiger partial charge in [0.05, 0.1) is 5.75 Å². The molecule has 0 unspecified atom stereocenters. The maximum atomic E-state index is 10.6. The molecule has 1 heterocycles. The third-order valence-corrected chi connectivity index (χ3v) is 2.98. The van der Waals surface area contributed by atoms with Crippen LogP contribution in [0.15, 0.2) is 47.9 Å². The van der Waals surface area contributed by atoms with Crippen LogP contribution >= 0.6 is 11.8 Å². The van der Waals surface area contributed by atoms with E-state index in [0.717, 1.165) is 11.1 Å². The number of hydrogen-bond acceptors (Lipinski definition) is 4. The molecule has 1 amide bonds. The minimum atomic E-state index is -0.370. The normalized spacial score (nSPS) is 10.1. The van der Waals surface area contributed by atoms with Crippen LogP contribution < -0.4 is 5.73 Å². The van der Waals surface area contributed by atoms with Crippen LogP contribution in [-0.4, -0.2) is 21.6 Å². The first-order valence-electron chi connectivity index (χ1n) is 5.04. The lowest BCUT2D eigenvalue weighted by Gasteiger charge is -2.01. The molecule has 0 spiro atoms. The molecular formula is C12H11N3OS. The molecule has 1 aromatic heterocycles. The number of amides is 1. The number of hydrogen-bond donors (Lipinski definition) is 1. The van der Waals surface area contributed by atoms with Gasteiger partial charge in [-0.25, -0.2) is 9.97 Å². The zero-order valence-electron chi connectivity index (χ0n) is 9.04. The van der Waals surface area contributed by atoms with Crippen molar-refractivity contribution in [1.82, 2.24) is 9.97 Å². The summed E-state index contributed by atoms with van der Waals surface area (Å²) >= 11 is 1.24. The molecule has 0 bridgehead atoms. The molecule has 2 aromatic rings. The minimum absolute atomic E-state index is 0.199. The fourth-order valence-corrected chi connectivity index (χ4v) is 1.83. The van der Waals surface area contributed by atoms with Gasteiger partial charge >= 0.3 is 0 Å². The first-order chi connectivity index (χ1) is 8.25. The Kier molecular flexibility index (Phi) is 3.72. The second kappa shape index (κ2) is 5.45. The predicted molar refractivity (Wildman–Crippen MR) is 67.4 cm³/mol. The molecule has 1 aromatic carbocycles. The molecular weight excluding hydrogens is 234 g/mol. The fourth-order valence-electron chi connectivity index (χ4n) is 1.31. The number of carbonyl (C=O) groups is 1. The van der Waals surface area contributed by atoms with Gasteiger partial charge in [-0.2, -0.15) is 0 Å². The first kappa shape index (κ1) is 11.6. The Morgan fingerprint density at radius 1 is 1.12 bits per heavy atom. The minimum Gasteiger partial charge on any atom is -0.369 e. The Morgan fingerprint density at radius 2 is 1.76 bits per heavy atom. The van der Waals surface area contributed by atoms with Crippen LogP contribution in [0.3, 0.4) is 0 Å². The Balaban J connectivity index is 2.11. The van der Waals surface area contributed by atoms with Gasteiger partial charge in [-0.15, -0.1) is 0 Å². The van der Waals surface area contributed by atoms with Gasteiger partial charge in [0.25, 0.3) is 0 Å². The van der Waals surface area contributed by atoms with Gasteiger partial charge < -0.3 is 5.73 Å². The first-order valence-corrected chi connectivity index (χ1v) is 6.03. The third kappa shape index (κ3) is 3.29. The highest BCUT2D eigenvalue weighted by atomic mass is 32.2. The molecule has 2 N–H and O–H groups in total. The van der Waals surface area contributed by atoms with E-state index in [0.29, 0.717) is 5.16 Å². The summed E-state index contributed by atoms with van der Waals surface area (Å²) in [5.74, 6) is -0.171. The Labute approximate surface area is 103 Å². The van der Waals surface area contributed by atoms with Crippen molar-refractivity contribution in [1.29, 1.82) is 0 Å². The van der Waals surface area contributed by atoms with Crippen LogP contribution in [0.2, 0.25) is 0 Å². The Morgan fingerprint density at radius 3 is 2.35 bits per heavy atom. The quantitative estimate of drug-likeness (QED) is 0.657. The molecule has 0 aliphatic carbocycles. The molecule has 0 fully saturated rings. The number of aromatic nitrogens is 2. The maximum Gasteiger partial charge on any atom is 0.227 e. The van der Waals surface area contributed by atoms with E-state index in [-0.39, 0.29) is 11.7 Å². The van der Waals surface area contributed by atoms with E-state index in [4.69, 9.17) is 5.73 Å². The molecule has 4 nitrogen and oxygen atoms in total. The van der Waals surface area contributed by atoms with E-state index >= 15 is 0 Å². The van der Waals surface area contributed by atoms with Crippen molar-refractivity contribution in [3.05, 3.63) is 42.7 Å². The summed E-state index contributed by atoms with van der Waals surface area (Å²) < 4.78 is 0. The molecule has 0 aliphatic rings. The predicted octanol–water partition coefficient (Wildman–Crippen LogP) is 1.72. The van der Waals surface area contributed by atoms with Crippen LogP contribution in [0.1, 0.15) is 0 Å². The van der Waals surface area contributed by atoms with Crippen LogP contribution in [-0.2, 0) is 4.79 Å². The van der Waals surface area contributed by atoms with Crippen molar-refractivity contribution >= 4 is 17.7 Å². The van der Waals surface area contributed by atoms with Crippen LogP contribution in [0.4, 0.5) is 0 Å². The number of nitrogens with zero attached hydrogens (tertiary/aromatic N) is 2. The molecule has 0 radical (unpaired) electrons. The average Bonchev–Trinajstić information content (AvgIpc) is 2.38. The molecule has 86 valence electrons. The average molecular weight is 245 g/mol. The highest BCUT2D eigenvalue weighted by Gasteiger charge is 2.02. The van der Waals surface area contributed by atoms with E-state index in [2.05, 4.69) is 9.97 Å². The summed E-state index contributed by atoms with van der Waals surface area (Å²) in [5, 5.41) is 0.559. The van der Waals surface area contributed by atoms with Gasteiger partial charge in [0.2, 0.25) is 5.91 Å². The molecule has 0 aliphatic heterocycles. The van der Waals surface area contributed by atoms with Gasteiger partial charge in [0.15, 0.2) is 5.16 Å². The van der Waals surface area contributed by atoms with Crippen molar-refractivity contribution in [2.45, 2.75) is 5.16 Å². The molecule has 2 rings (SSSR count). The number of nitrogens with two attached hydrogens (primary N) is 1. The summed E-state index contributed by atoms with van der Waals surface area (Å²) in [6, 6.07) is 9.88. The van der Waals surface area contributed by atoms with Crippen molar-refractivity contribution < 1.29 is 4.79 Å². The zero-order valence-corrected chi connectivity index (χ0v) is 9.85. The van der Waals surface area contributed by atoms with E-state index in [9.17, 15) is 4.79 Å². The van der Waals surface area contributed by atoms with Gasteiger partial charge in [0.1, 0.15) is 0 Å². The number of thioether (sulfide) groups is 1. The van der Waals surface area contributed by atoms with Crippen LogP contribution in [0, 0.1) is 0 Å². The van der Waals surface area contributed by atoms with Gasteiger partial charge in [-0.3, -0.25) is 4.79 Å². The van der Waals surface area contributed by atoms with Gasteiger partial charge in [-0.1, -0.05) is 42.1 Å². The molecule has 0 saturated carbocycles. The molecule has 0 saturated heterocycles. The fraction of sp³-hybridized carbons (Fsp3) is 0.0833. The Hall–Kier alpha value is -1.88. The largest absolute Gasteiger partial charge is 0.369 e. The van der Waals surface area contributed by atoms with Crippen molar-refractivity contribution in [2.24, 2.45) is 5.73 Å². The van der Waals surface area contributed by atoms with Crippen LogP contribution in [0.5, 0.6) is 0 Å². The second-order valence-electron chi connectivity index (χ2n) is 3.38. The van der Waals surface area contributed by atoms with Crippen molar-refractivity contribution in [2.75, 3.05) is 5.75 Å². The summed E-state index contributed by atoms with van der Waals surface area (Å²) in [5.41, 5.74) is 7.07. The lowest BCUT2D eigenvalue weighted by Crippen LogP contribution is -2.13. The van der Waals surface area contributed by atoms with Gasteiger partial charge in [-0.05, 0) is 5.56 Å². The van der Waals surface area contributed by atoms with E-state index in [1.807, 2.05) is 30.3 Å². The number of rotatable bonds is 4. The second-order valence-corrected chi connectivity index (χ2v) is 4.32. The van der Waals surface area contributed by atoms with E-state index < -0.39 is 0 Å². The van der Waals surface area contributed by atoms with E-state index in [1.54, 1.807) is 12.4 Å². The molecule has 5 heteroatoms. The number of primary amides is 1. The summed E-state index contributed by atoms with van der Waals surface area (Å²) in [6.45, 7) is 0. The van der Waals surface area contributed by atoms with Crippen molar-refractivity contribution in [3.8, 4) is 11.1 Å². The number of benzene rings is 1. The summed E-state index contributed by atoms with van der Waals surface area (Å²) in [7, 11) is 0. The third-order valence-electron chi connectivity index (χ3n) is 2.08. The molecule has 17 heavy (non-hydrogen) atoms. The van der Waals surface area contributed by atoms with Crippen LogP contribution in [0.25, 0.3) is 11.1 Å².